The van der Waals surface area contributed by atoms with Crippen LogP contribution in [0, 0.1) is 48.7 Å². The fourth-order valence-electron chi connectivity index (χ4n) is 6.61. The quantitative estimate of drug-likeness (QED) is 0.0588. The molecule has 0 aromatic heterocycles. The van der Waals surface area contributed by atoms with Crippen LogP contribution in [0.2, 0.25) is 0 Å². The summed E-state index contributed by atoms with van der Waals surface area (Å²) in [7, 11) is -1.70. The van der Waals surface area contributed by atoms with Gasteiger partial charge in [-0.25, -0.2) is 0 Å². The van der Waals surface area contributed by atoms with Crippen LogP contribution in [0.1, 0.15) is 52.9 Å². The van der Waals surface area contributed by atoms with E-state index in [1.807, 2.05) is 0 Å². The fraction of sp³-hybridized carbons (Fsp3) is 0.765. The number of carboxylic acids is 3. The van der Waals surface area contributed by atoms with Crippen LogP contribution in [0.4, 0.5) is 0 Å². The molecule has 2 fully saturated rings. The molecule has 0 aliphatic carbocycles. The van der Waals surface area contributed by atoms with Crippen LogP contribution in [-0.4, -0.2) is 208 Å². The second-order valence-electron chi connectivity index (χ2n) is 14.6. The van der Waals surface area contributed by atoms with Gasteiger partial charge in [-0.1, -0.05) is 13.8 Å². The first-order chi connectivity index (χ1) is 25.9. The first-order valence-corrected chi connectivity index (χ1v) is 18.7. The van der Waals surface area contributed by atoms with Crippen molar-refractivity contribution in [2.75, 3.05) is 91.6 Å². The van der Waals surface area contributed by atoms with Gasteiger partial charge in [0, 0.05) is 121 Å². The standard InChI is InChI=1S/C34H58BN7O13.Lu/c1-23(2)27(33(52)37-24(3)34(53)42-8-4-5-28(42)35(54)55)17-26(44)18-36-29(45)7-6-25(43)19-38-9-11-39(20-30(46)47)13-15-41(22-32(50)51)16-14-40(12-10-38)21-31(48)49;/h23-24,27-28,54-55H,4-22H2,1-3H3,(H,36,45)(H,37,52)(H,46,47)(H,48,49)(H,50,51);/t24-,27?,28+;/m1./s1. The first-order valence-electron chi connectivity index (χ1n) is 18.7. The van der Waals surface area contributed by atoms with E-state index in [1.165, 1.54) is 11.8 Å². The van der Waals surface area contributed by atoms with Gasteiger partial charge in [-0.05, 0) is 25.7 Å². The smallest absolute Gasteiger partial charge is 0.475 e. The van der Waals surface area contributed by atoms with Crippen molar-refractivity contribution in [3.63, 3.8) is 0 Å². The summed E-state index contributed by atoms with van der Waals surface area (Å²) in [6.07, 6.45) is 0.430. The maximum absolute atomic E-state index is 13.1. The van der Waals surface area contributed by atoms with Gasteiger partial charge in [-0.15, -0.1) is 0 Å². The van der Waals surface area contributed by atoms with Gasteiger partial charge in [0.25, 0.3) is 0 Å². The molecule has 0 spiro atoms. The third kappa shape index (κ3) is 19.6. The number of hydrogen-bond acceptors (Lipinski definition) is 14. The van der Waals surface area contributed by atoms with Crippen molar-refractivity contribution in [3.8, 4) is 0 Å². The van der Waals surface area contributed by atoms with Gasteiger partial charge in [0.05, 0.1) is 38.7 Å². The summed E-state index contributed by atoms with van der Waals surface area (Å²) >= 11 is 0. The number of rotatable bonds is 20. The van der Waals surface area contributed by atoms with E-state index < -0.39 is 66.4 Å². The molecule has 22 heteroatoms. The van der Waals surface area contributed by atoms with Gasteiger partial charge in [0.2, 0.25) is 17.7 Å². The van der Waals surface area contributed by atoms with Crippen molar-refractivity contribution in [2.45, 2.75) is 64.9 Å². The van der Waals surface area contributed by atoms with Crippen LogP contribution in [0.3, 0.4) is 0 Å². The Labute approximate surface area is 356 Å². The molecule has 0 bridgehead atoms. The number of hydrogen-bond donors (Lipinski definition) is 7. The molecule has 2 aliphatic rings. The average Bonchev–Trinajstić information content (AvgIpc) is 3.59. The Morgan fingerprint density at radius 2 is 1.11 bits per heavy atom. The van der Waals surface area contributed by atoms with E-state index in [2.05, 4.69) is 10.6 Å². The summed E-state index contributed by atoms with van der Waals surface area (Å²) in [6.45, 7) is 5.85. The molecule has 3 atom stereocenters. The van der Waals surface area contributed by atoms with E-state index >= 15 is 0 Å². The summed E-state index contributed by atoms with van der Waals surface area (Å²) in [5.74, 6) is -7.34. The second kappa shape index (κ2) is 26.3. The average molecular weight is 959 g/mol. The molecule has 7 N–H and O–H groups in total. The number of carbonyl (C=O) groups is 8. The fourth-order valence-corrected chi connectivity index (χ4v) is 6.61. The monoisotopic (exact) mass is 958 g/mol. The normalized spacial score (nSPS) is 19.1. The minimum atomic E-state index is -1.70. The number of carboxylic acid groups (broad SMARTS) is 3. The number of ketones is 2. The number of nitrogens with one attached hydrogen (secondary N) is 2. The Kier molecular flexibility index (Phi) is 24.0. The Bertz CT molecular complexity index is 1330. The van der Waals surface area contributed by atoms with Crippen LogP contribution in [-0.2, 0) is 38.4 Å². The van der Waals surface area contributed by atoms with Crippen LogP contribution in [0.5, 0.6) is 0 Å². The van der Waals surface area contributed by atoms with Crippen LogP contribution < -0.4 is 10.6 Å². The summed E-state index contributed by atoms with van der Waals surface area (Å²) < 4.78 is 0. The summed E-state index contributed by atoms with van der Waals surface area (Å²) in [5, 5.41) is 52.4. The molecular formula is C34H58BLuN7O13. The maximum Gasteiger partial charge on any atom is 0.475 e. The topological polar surface area (TPSA) is 278 Å². The van der Waals surface area contributed by atoms with Gasteiger partial charge in [-0.3, -0.25) is 58.0 Å². The van der Waals surface area contributed by atoms with Crippen molar-refractivity contribution in [1.82, 2.24) is 35.1 Å². The Hall–Kier alpha value is -2.78. The molecule has 2 saturated heterocycles. The largest absolute Gasteiger partial charge is 0.480 e. The first kappa shape index (κ1) is 51.2. The summed E-state index contributed by atoms with van der Waals surface area (Å²) in [5.41, 5.74) is 0. The van der Waals surface area contributed by atoms with E-state index in [4.69, 9.17) is 0 Å². The molecule has 0 aromatic carbocycles. The van der Waals surface area contributed by atoms with E-state index in [-0.39, 0.29) is 153 Å². The Morgan fingerprint density at radius 3 is 1.52 bits per heavy atom. The molecule has 1 radical (unpaired) electrons. The SMILES string of the molecule is CC(C)C(CC(=O)CNC(=O)CCC(=O)CN1CCN(CC(=O)O)CCN(CC(=O)O)CCN(CC(=O)O)CC1)C(=O)N[C@H](C)C(=O)N1CCC[C@H]1B(O)O.[Lu]. The molecule has 325 valence electrons. The third-order valence-electron chi connectivity index (χ3n) is 9.76. The van der Waals surface area contributed by atoms with Crippen molar-refractivity contribution < 1.29 is 101 Å². The zero-order valence-corrected chi connectivity index (χ0v) is 34.0. The van der Waals surface area contributed by atoms with E-state index in [1.54, 1.807) is 33.4 Å². The number of nitrogens with zero attached hydrogens (tertiary/aromatic N) is 5. The number of aliphatic carboxylic acids is 3. The molecular weight excluding hydrogens is 900 g/mol. The van der Waals surface area contributed by atoms with Gasteiger partial charge >= 0.3 is 25.0 Å². The van der Waals surface area contributed by atoms with E-state index in [0.29, 0.717) is 19.4 Å². The van der Waals surface area contributed by atoms with Crippen molar-refractivity contribution in [1.29, 1.82) is 0 Å². The van der Waals surface area contributed by atoms with Crippen molar-refractivity contribution in [2.24, 2.45) is 11.8 Å². The number of amides is 3. The van der Waals surface area contributed by atoms with Crippen LogP contribution in [0.15, 0.2) is 0 Å². The second-order valence-corrected chi connectivity index (χ2v) is 14.6. The molecule has 0 aromatic rings. The Morgan fingerprint density at radius 1 is 0.661 bits per heavy atom. The zero-order valence-electron chi connectivity index (χ0n) is 32.3. The van der Waals surface area contributed by atoms with E-state index in [0.717, 1.165) is 0 Å². The Balaban J connectivity index is 0.0000157. The minimum Gasteiger partial charge on any atom is -0.480 e. The minimum absolute atomic E-state index is 0. The third-order valence-corrected chi connectivity index (χ3v) is 9.76. The van der Waals surface area contributed by atoms with Crippen molar-refractivity contribution in [3.05, 3.63) is 0 Å². The molecule has 2 heterocycles. The predicted octanol–water partition coefficient (Wildman–Crippen LogP) is -3.33. The molecule has 0 saturated carbocycles. The summed E-state index contributed by atoms with van der Waals surface area (Å²) in [6, 6.07) is -0.967. The zero-order chi connectivity index (χ0) is 41.2. The molecule has 20 nitrogen and oxygen atoms in total. The van der Waals surface area contributed by atoms with Gasteiger partial charge < -0.3 is 40.9 Å². The predicted molar refractivity (Wildman–Crippen MR) is 196 cm³/mol. The molecule has 2 rings (SSSR count). The van der Waals surface area contributed by atoms with Crippen LogP contribution in [0.25, 0.3) is 0 Å². The molecule has 1 unspecified atom stereocenters. The molecule has 2 aliphatic heterocycles. The molecule has 3 amide bonds. The van der Waals surface area contributed by atoms with E-state index in [9.17, 15) is 63.7 Å². The van der Waals surface area contributed by atoms with Gasteiger partial charge in [0.15, 0.2) is 5.78 Å². The molecule has 56 heavy (non-hydrogen) atoms. The maximum atomic E-state index is 13.1. The number of carbonyl (C=O) groups excluding carboxylic acids is 5. The van der Waals surface area contributed by atoms with Crippen LogP contribution >= 0.6 is 0 Å². The summed E-state index contributed by atoms with van der Waals surface area (Å²) in [4.78, 5) is 107. The van der Waals surface area contributed by atoms with Gasteiger partial charge in [-0.2, -0.15) is 0 Å². The number of Topliss-reactive ketones (excluding diaryl/α,β-unsaturated/α-hetero) is 2. The number of likely N-dealkylation sites (tertiary alicyclic amines) is 1. The van der Waals surface area contributed by atoms with Gasteiger partial charge in [0.1, 0.15) is 11.8 Å². The van der Waals surface area contributed by atoms with Crippen molar-refractivity contribution >= 4 is 54.3 Å².